The van der Waals surface area contributed by atoms with E-state index in [1.165, 1.54) is 109 Å². The largest absolute Gasteiger partial charge is 0.310 e. The van der Waals surface area contributed by atoms with Crippen LogP contribution in [0, 0.1) is 0 Å². The predicted octanol–water partition coefficient (Wildman–Crippen LogP) is 14.1. The van der Waals surface area contributed by atoms with Crippen LogP contribution in [-0.2, 0) is 6.42 Å². The minimum atomic E-state index is -1.93. The fourth-order valence-electron chi connectivity index (χ4n) is 11.0. The van der Waals surface area contributed by atoms with Crippen LogP contribution in [-0.4, -0.2) is 12.5 Å². The molecule has 0 N–H and O–H groups in total. The van der Waals surface area contributed by atoms with Gasteiger partial charge >= 0.3 is 0 Å². The molecule has 0 fully saturated rings. The normalized spacial score (nSPS) is 13.6. The second-order valence-electron chi connectivity index (χ2n) is 17.3. The maximum Gasteiger partial charge on any atom is 0.113 e. The first kappa shape index (κ1) is 33.7. The van der Waals surface area contributed by atoms with Gasteiger partial charge in [0.15, 0.2) is 0 Å². The number of rotatable bonds is 4. The molecule has 2 aromatic heterocycles. The maximum atomic E-state index is 2.55. The lowest BCUT2D eigenvalue weighted by atomic mass is 10.0. The molecule has 0 unspecified atom stereocenters. The van der Waals surface area contributed by atoms with E-state index in [4.69, 9.17) is 0 Å². The molecule has 0 atom stereocenters. The molecule has 0 amide bonds. The molecule has 3 heteroatoms. The molecule has 9 aromatic carbocycles. The van der Waals surface area contributed by atoms with Gasteiger partial charge in [-0.25, -0.2) is 0 Å². The fraction of sp³-hybridized carbons (Fsp3) is 0.0526. The van der Waals surface area contributed by atoms with Crippen LogP contribution >= 0.6 is 0 Å². The summed E-state index contributed by atoms with van der Waals surface area (Å²) in [5, 5.41) is 13.5. The van der Waals surface area contributed by atoms with Crippen LogP contribution < -0.4 is 15.3 Å². The van der Waals surface area contributed by atoms with Gasteiger partial charge in [-0.1, -0.05) is 159 Å². The summed E-state index contributed by atoms with van der Waals surface area (Å²) in [5.74, 6) is 0. The number of nitrogens with zero attached hydrogens (tertiary/aromatic N) is 2. The van der Waals surface area contributed by atoms with E-state index in [9.17, 15) is 0 Å². The van der Waals surface area contributed by atoms with Crippen LogP contribution in [0.1, 0.15) is 11.1 Å². The van der Waals surface area contributed by atoms with Gasteiger partial charge in [0, 0.05) is 38.6 Å². The lowest BCUT2D eigenvalue weighted by Crippen LogP contribution is -2.49. The summed E-state index contributed by atoms with van der Waals surface area (Å²) in [7, 11) is -1.93. The summed E-state index contributed by atoms with van der Waals surface area (Å²) < 4.78 is 2.55. The summed E-state index contributed by atoms with van der Waals surface area (Å²) in [6, 6.07) is 73.1. The van der Waals surface area contributed by atoms with E-state index in [2.05, 4.69) is 217 Å². The van der Waals surface area contributed by atoms with Crippen molar-refractivity contribution in [3.8, 4) is 22.3 Å². The van der Waals surface area contributed by atoms with Gasteiger partial charge < -0.3 is 9.30 Å². The zero-order chi connectivity index (χ0) is 39.7. The Morgan fingerprint density at radius 1 is 0.400 bits per heavy atom. The minimum Gasteiger partial charge on any atom is -0.310 e. The van der Waals surface area contributed by atoms with Crippen LogP contribution in [0.3, 0.4) is 0 Å². The average Bonchev–Trinajstić information content (AvgIpc) is 3.93. The Bertz CT molecular complexity index is 3650. The van der Waals surface area contributed by atoms with Crippen LogP contribution in [0.5, 0.6) is 0 Å². The monoisotopic (exact) mass is 780 g/mol. The van der Waals surface area contributed by atoms with Gasteiger partial charge in [0.25, 0.3) is 0 Å². The van der Waals surface area contributed by atoms with Crippen LogP contribution in [0.2, 0.25) is 13.1 Å². The van der Waals surface area contributed by atoms with Crippen LogP contribution in [0.4, 0.5) is 17.1 Å². The molecule has 1 aliphatic heterocycles. The van der Waals surface area contributed by atoms with Gasteiger partial charge in [-0.15, -0.1) is 0 Å². The van der Waals surface area contributed by atoms with Crippen molar-refractivity contribution >= 4 is 95.1 Å². The first-order chi connectivity index (χ1) is 29.5. The molecule has 3 heterocycles. The second-order valence-corrected chi connectivity index (χ2v) is 21.6. The Morgan fingerprint density at radius 2 is 0.950 bits per heavy atom. The molecule has 0 spiro atoms. The topological polar surface area (TPSA) is 7.65 Å². The van der Waals surface area contributed by atoms with E-state index >= 15 is 0 Å². The van der Waals surface area contributed by atoms with E-state index < -0.39 is 8.07 Å². The molecule has 0 radical (unpaired) electrons. The number of hydrogen-bond acceptors (Lipinski definition) is 1. The SMILES string of the molecule is C[Si]1(C)c2ccccc2-c2ccc(N(c3ccc(-c4ccccc4)cc3)c3ccc4c(c3)c3cccc5c6cccc7c6c6c(cccc6c6ccccc6n4c53)C7)cc21. The van der Waals surface area contributed by atoms with Gasteiger partial charge in [-0.2, -0.15) is 0 Å². The van der Waals surface area contributed by atoms with Gasteiger partial charge in [0.1, 0.15) is 8.07 Å². The summed E-state index contributed by atoms with van der Waals surface area (Å²) in [6.07, 6.45) is 0.966. The first-order valence-electron chi connectivity index (χ1n) is 21.1. The molecule has 1 aliphatic carbocycles. The van der Waals surface area contributed by atoms with Crippen molar-refractivity contribution in [2.45, 2.75) is 19.5 Å². The minimum absolute atomic E-state index is 0.966. The standard InChI is InChI=1S/C57H40N2Si/c1-60(2)53-24-9-7-18-44(53)45-31-29-42(35-54(45)60)58(40-27-25-37(26-28-40)36-13-4-3-5-14-36)41-30-32-52-50(34-41)49-22-12-21-48-47-20-11-16-39-33-38-15-10-19-46(55(38)56(39)47)43-17-6-8-23-51(43)59(52)57(48)49/h3-32,34-35H,33H2,1-2H3. The summed E-state index contributed by atoms with van der Waals surface area (Å²) in [6.45, 7) is 5.01. The van der Waals surface area contributed by atoms with Crippen molar-refractivity contribution in [2.24, 2.45) is 0 Å². The summed E-state index contributed by atoms with van der Waals surface area (Å²) in [5.41, 5.74) is 15.2. The van der Waals surface area contributed by atoms with E-state index in [1.54, 1.807) is 0 Å². The highest BCUT2D eigenvalue weighted by Crippen LogP contribution is 2.45. The van der Waals surface area contributed by atoms with Gasteiger partial charge in [0.2, 0.25) is 0 Å². The number of anilines is 3. The molecule has 0 saturated carbocycles. The smallest absolute Gasteiger partial charge is 0.113 e. The molecule has 0 saturated heterocycles. The number of para-hydroxylation sites is 2. The van der Waals surface area contributed by atoms with Gasteiger partial charge in [-0.3, -0.25) is 0 Å². The van der Waals surface area contributed by atoms with Gasteiger partial charge in [-0.05, 0) is 120 Å². The maximum absolute atomic E-state index is 2.55. The van der Waals surface area contributed by atoms with Crippen molar-refractivity contribution in [1.82, 2.24) is 4.40 Å². The number of aromatic nitrogens is 1. The molecule has 282 valence electrons. The third kappa shape index (κ3) is 4.64. The van der Waals surface area contributed by atoms with Crippen molar-refractivity contribution in [2.75, 3.05) is 4.90 Å². The van der Waals surface area contributed by atoms with Gasteiger partial charge in [0.05, 0.1) is 16.6 Å². The van der Waals surface area contributed by atoms with Crippen LogP contribution in [0.15, 0.2) is 194 Å². The average molecular weight is 781 g/mol. The number of hydrogen-bond donors (Lipinski definition) is 0. The fourth-order valence-corrected chi connectivity index (χ4v) is 14.1. The third-order valence-electron chi connectivity index (χ3n) is 13.7. The molecular formula is C57H40N2Si. The number of benzene rings is 9. The molecule has 0 bridgehead atoms. The Hall–Kier alpha value is -7.20. The molecule has 13 rings (SSSR count). The molecule has 2 aliphatic rings. The highest BCUT2D eigenvalue weighted by Gasteiger charge is 2.37. The van der Waals surface area contributed by atoms with E-state index in [0.29, 0.717) is 0 Å². The summed E-state index contributed by atoms with van der Waals surface area (Å²) >= 11 is 0. The zero-order valence-corrected chi connectivity index (χ0v) is 34.6. The number of fused-ring (bicyclic) bond motifs is 10. The van der Waals surface area contributed by atoms with Crippen molar-refractivity contribution < 1.29 is 0 Å². The van der Waals surface area contributed by atoms with Crippen molar-refractivity contribution in [3.63, 3.8) is 0 Å². The summed E-state index contributed by atoms with van der Waals surface area (Å²) in [4.78, 5) is 2.48. The Balaban J connectivity index is 1.11. The van der Waals surface area contributed by atoms with E-state index in [0.717, 1.165) is 17.8 Å². The third-order valence-corrected chi connectivity index (χ3v) is 17.3. The van der Waals surface area contributed by atoms with E-state index in [-0.39, 0.29) is 0 Å². The molecule has 2 nitrogen and oxygen atoms in total. The lowest BCUT2D eigenvalue weighted by molar-refractivity contribution is 1.27. The Labute approximate surface area is 349 Å². The Kier molecular flexibility index (Phi) is 6.98. The highest BCUT2D eigenvalue weighted by atomic mass is 28.3. The Morgan fingerprint density at radius 3 is 1.75 bits per heavy atom. The predicted molar refractivity (Wildman–Crippen MR) is 259 cm³/mol. The highest BCUT2D eigenvalue weighted by molar-refractivity contribution is 7.03. The molecule has 11 aromatic rings. The second kappa shape index (κ2) is 12.4. The van der Waals surface area contributed by atoms with E-state index in [1.807, 2.05) is 0 Å². The quantitative estimate of drug-likeness (QED) is 0.161. The molecular weight excluding hydrogens is 741 g/mol. The zero-order valence-electron chi connectivity index (χ0n) is 33.6. The lowest BCUT2D eigenvalue weighted by Gasteiger charge is -2.28. The van der Waals surface area contributed by atoms with Crippen LogP contribution in [0.25, 0.3) is 81.9 Å². The van der Waals surface area contributed by atoms with Crippen molar-refractivity contribution in [3.05, 3.63) is 205 Å². The van der Waals surface area contributed by atoms with Crippen molar-refractivity contribution in [1.29, 1.82) is 0 Å². The molecule has 60 heavy (non-hydrogen) atoms. The first-order valence-corrected chi connectivity index (χ1v) is 24.1.